The second kappa shape index (κ2) is 3.94. The van der Waals surface area contributed by atoms with E-state index < -0.39 is 0 Å². The van der Waals surface area contributed by atoms with E-state index in [1.165, 1.54) is 11.1 Å². The number of nitrogens with one attached hydrogen (secondary N) is 1. The molecule has 0 aliphatic heterocycles. The Hall–Kier alpha value is -1.87. The lowest BCUT2D eigenvalue weighted by Crippen LogP contribution is -1.81. The first-order valence-electron chi connectivity index (χ1n) is 5.06. The molecule has 0 amide bonds. The molecule has 0 bridgehead atoms. The summed E-state index contributed by atoms with van der Waals surface area (Å²) in [5.74, 6) is 0. The van der Waals surface area contributed by atoms with Crippen molar-refractivity contribution >= 4 is 11.3 Å². The first-order chi connectivity index (χ1) is 7.95. The zero-order valence-corrected chi connectivity index (χ0v) is 9.37. The summed E-state index contributed by atoms with van der Waals surface area (Å²) in [5, 5.41) is 2.05. The van der Waals surface area contributed by atoms with Crippen molar-refractivity contribution in [2.45, 2.75) is 0 Å². The van der Waals surface area contributed by atoms with E-state index in [0.717, 1.165) is 11.4 Å². The molecule has 16 heavy (non-hydrogen) atoms. The van der Waals surface area contributed by atoms with Crippen LogP contribution in [0.4, 0.5) is 0 Å². The highest BCUT2D eigenvalue weighted by atomic mass is 32.1. The number of aromatic nitrogens is 2. The molecule has 3 aromatic rings. The Bertz CT molecular complexity index is 567. The van der Waals surface area contributed by atoms with Gasteiger partial charge in [-0.25, -0.2) is 4.98 Å². The van der Waals surface area contributed by atoms with Gasteiger partial charge in [-0.3, -0.25) is 0 Å². The van der Waals surface area contributed by atoms with Crippen molar-refractivity contribution in [3.8, 4) is 22.5 Å². The van der Waals surface area contributed by atoms with Crippen LogP contribution >= 0.6 is 11.3 Å². The molecule has 0 aliphatic rings. The fourth-order valence-corrected chi connectivity index (χ4v) is 2.32. The number of hydrogen-bond donors (Lipinski definition) is 1. The van der Waals surface area contributed by atoms with Gasteiger partial charge in [0.15, 0.2) is 0 Å². The highest BCUT2D eigenvalue weighted by molar-refractivity contribution is 7.07. The molecular formula is C13H10N2S. The van der Waals surface area contributed by atoms with Gasteiger partial charge in [0.1, 0.15) is 0 Å². The number of nitrogens with zero attached hydrogens (tertiary/aromatic N) is 1. The van der Waals surface area contributed by atoms with E-state index in [-0.39, 0.29) is 0 Å². The number of benzene rings is 1. The molecular weight excluding hydrogens is 216 g/mol. The lowest BCUT2D eigenvalue weighted by Gasteiger charge is -2.01. The molecule has 2 aromatic heterocycles. The van der Waals surface area contributed by atoms with Gasteiger partial charge >= 0.3 is 0 Å². The molecule has 2 nitrogen and oxygen atoms in total. The summed E-state index contributed by atoms with van der Waals surface area (Å²) < 4.78 is 0. The molecule has 78 valence electrons. The molecule has 0 spiro atoms. The first kappa shape index (κ1) is 9.36. The van der Waals surface area contributed by atoms with Crippen molar-refractivity contribution in [3.63, 3.8) is 0 Å². The average Bonchev–Trinajstić information content (AvgIpc) is 3.01. The van der Waals surface area contributed by atoms with Crippen LogP contribution in [-0.4, -0.2) is 9.97 Å². The van der Waals surface area contributed by atoms with Crippen LogP contribution in [0.5, 0.6) is 0 Å². The van der Waals surface area contributed by atoms with E-state index in [2.05, 4.69) is 33.5 Å². The third-order valence-corrected chi connectivity index (χ3v) is 3.11. The van der Waals surface area contributed by atoms with Crippen molar-refractivity contribution in [1.29, 1.82) is 0 Å². The molecule has 0 atom stereocenters. The molecule has 0 radical (unpaired) electrons. The van der Waals surface area contributed by atoms with Crippen LogP contribution in [0.3, 0.4) is 0 Å². The molecule has 3 rings (SSSR count). The molecule has 0 saturated heterocycles. The third-order valence-electron chi connectivity index (χ3n) is 2.52. The van der Waals surface area contributed by atoms with Crippen LogP contribution in [-0.2, 0) is 0 Å². The Morgan fingerprint density at radius 1 is 1.06 bits per heavy atom. The minimum atomic E-state index is 1.01. The van der Waals surface area contributed by atoms with Gasteiger partial charge in [0.25, 0.3) is 0 Å². The van der Waals surface area contributed by atoms with Gasteiger partial charge in [-0.05, 0) is 11.6 Å². The van der Waals surface area contributed by atoms with E-state index in [1.54, 1.807) is 11.3 Å². The Morgan fingerprint density at radius 3 is 2.69 bits per heavy atom. The second-order valence-electron chi connectivity index (χ2n) is 3.51. The van der Waals surface area contributed by atoms with Crippen molar-refractivity contribution in [2.75, 3.05) is 0 Å². The Morgan fingerprint density at radius 2 is 1.94 bits per heavy atom. The SMILES string of the molecule is c1ccc(-c2cc[nH]c2-c2cscn2)cc1. The summed E-state index contributed by atoms with van der Waals surface area (Å²) in [5.41, 5.74) is 6.37. The number of aromatic amines is 1. The zero-order valence-electron chi connectivity index (χ0n) is 8.55. The van der Waals surface area contributed by atoms with E-state index >= 15 is 0 Å². The third kappa shape index (κ3) is 1.55. The highest BCUT2D eigenvalue weighted by Gasteiger charge is 2.09. The summed E-state index contributed by atoms with van der Waals surface area (Å²) in [6.07, 6.45) is 1.96. The predicted molar refractivity (Wildman–Crippen MR) is 67.3 cm³/mol. The zero-order chi connectivity index (χ0) is 10.8. The molecule has 1 aromatic carbocycles. The van der Waals surface area contributed by atoms with Gasteiger partial charge < -0.3 is 4.98 Å². The topological polar surface area (TPSA) is 28.7 Å². The monoisotopic (exact) mass is 226 g/mol. The number of thiazole rings is 1. The largest absolute Gasteiger partial charge is 0.359 e. The maximum Gasteiger partial charge on any atom is 0.0979 e. The van der Waals surface area contributed by atoms with Crippen LogP contribution in [0, 0.1) is 0 Å². The van der Waals surface area contributed by atoms with Crippen molar-refractivity contribution in [2.24, 2.45) is 0 Å². The number of H-pyrrole nitrogens is 1. The van der Waals surface area contributed by atoms with E-state index in [4.69, 9.17) is 0 Å². The van der Waals surface area contributed by atoms with Crippen LogP contribution in [0.15, 0.2) is 53.5 Å². The molecule has 0 unspecified atom stereocenters. The summed E-state index contributed by atoms with van der Waals surface area (Å²) in [4.78, 5) is 7.58. The minimum Gasteiger partial charge on any atom is -0.359 e. The Labute approximate surface area is 97.6 Å². The van der Waals surface area contributed by atoms with Gasteiger partial charge in [0, 0.05) is 17.1 Å². The van der Waals surface area contributed by atoms with Crippen LogP contribution < -0.4 is 0 Å². The molecule has 1 N–H and O–H groups in total. The van der Waals surface area contributed by atoms with Gasteiger partial charge in [0.05, 0.1) is 16.9 Å². The van der Waals surface area contributed by atoms with Crippen molar-refractivity contribution in [3.05, 3.63) is 53.5 Å². The summed E-state index contributed by atoms with van der Waals surface area (Å²) in [7, 11) is 0. The predicted octanol–water partition coefficient (Wildman–Crippen LogP) is 3.81. The van der Waals surface area contributed by atoms with Crippen LogP contribution in [0.2, 0.25) is 0 Å². The first-order valence-corrected chi connectivity index (χ1v) is 6.01. The smallest absolute Gasteiger partial charge is 0.0979 e. The normalized spacial score (nSPS) is 10.5. The highest BCUT2D eigenvalue weighted by Crippen LogP contribution is 2.30. The summed E-state index contributed by atoms with van der Waals surface area (Å²) in [6, 6.07) is 12.4. The van der Waals surface area contributed by atoms with Crippen LogP contribution in [0.1, 0.15) is 0 Å². The Balaban J connectivity index is 2.14. The van der Waals surface area contributed by atoms with Gasteiger partial charge in [-0.15, -0.1) is 11.3 Å². The number of hydrogen-bond acceptors (Lipinski definition) is 2. The maximum absolute atomic E-state index is 4.33. The van der Waals surface area contributed by atoms with Crippen molar-refractivity contribution < 1.29 is 0 Å². The molecule has 0 fully saturated rings. The Kier molecular flexibility index (Phi) is 2.31. The summed E-state index contributed by atoms with van der Waals surface area (Å²) >= 11 is 1.61. The van der Waals surface area contributed by atoms with Gasteiger partial charge in [-0.1, -0.05) is 30.3 Å². The molecule has 2 heterocycles. The van der Waals surface area contributed by atoms with Gasteiger partial charge in [0.2, 0.25) is 0 Å². The summed E-state index contributed by atoms with van der Waals surface area (Å²) in [6.45, 7) is 0. The minimum absolute atomic E-state index is 1.01. The van der Waals surface area contributed by atoms with E-state index in [9.17, 15) is 0 Å². The molecule has 0 saturated carbocycles. The number of rotatable bonds is 2. The molecule has 3 heteroatoms. The van der Waals surface area contributed by atoms with E-state index in [1.807, 2.05) is 29.9 Å². The van der Waals surface area contributed by atoms with E-state index in [0.29, 0.717) is 0 Å². The standard InChI is InChI=1S/C13H10N2S/c1-2-4-10(5-3-1)11-6-7-14-13(11)12-8-16-9-15-12/h1-9,14H. The fraction of sp³-hybridized carbons (Fsp3) is 0. The lowest BCUT2D eigenvalue weighted by atomic mass is 10.1. The molecule has 0 aliphatic carbocycles. The second-order valence-corrected chi connectivity index (χ2v) is 4.22. The fourth-order valence-electron chi connectivity index (χ4n) is 1.78. The van der Waals surface area contributed by atoms with Gasteiger partial charge in [-0.2, -0.15) is 0 Å². The van der Waals surface area contributed by atoms with Crippen molar-refractivity contribution in [1.82, 2.24) is 9.97 Å². The maximum atomic E-state index is 4.33. The lowest BCUT2D eigenvalue weighted by molar-refractivity contribution is 1.33. The average molecular weight is 226 g/mol. The quantitative estimate of drug-likeness (QED) is 0.707. The van der Waals surface area contributed by atoms with Crippen LogP contribution in [0.25, 0.3) is 22.5 Å².